The average molecular weight is 269 g/mol. The first kappa shape index (κ1) is 13.3. The molecule has 2 heteroatoms. The van der Waals surface area contributed by atoms with Gasteiger partial charge in [-0.25, -0.2) is 4.39 Å². The SMILES string of the molecule is CCNCc1cc(F)ccc1-c1ccc2c(c1)CCC2. The molecule has 1 aliphatic rings. The molecule has 0 bridgehead atoms. The Morgan fingerprint density at radius 3 is 2.75 bits per heavy atom. The maximum atomic E-state index is 13.5. The quantitative estimate of drug-likeness (QED) is 0.881. The van der Waals surface area contributed by atoms with E-state index in [0.29, 0.717) is 6.54 Å². The minimum atomic E-state index is -0.164. The number of benzene rings is 2. The Bertz CT molecular complexity index is 619. The molecule has 0 fully saturated rings. The van der Waals surface area contributed by atoms with Gasteiger partial charge >= 0.3 is 0 Å². The Labute approximate surface area is 119 Å². The molecule has 0 saturated heterocycles. The van der Waals surface area contributed by atoms with Crippen LogP contribution in [-0.2, 0) is 19.4 Å². The molecule has 0 atom stereocenters. The predicted molar refractivity (Wildman–Crippen MR) is 81.2 cm³/mol. The van der Waals surface area contributed by atoms with Gasteiger partial charge in [-0.15, -0.1) is 0 Å². The zero-order valence-corrected chi connectivity index (χ0v) is 11.9. The molecule has 1 nitrogen and oxygen atoms in total. The molecular weight excluding hydrogens is 249 g/mol. The topological polar surface area (TPSA) is 12.0 Å². The standard InChI is InChI=1S/C18H20FN/c1-2-20-12-16-11-17(19)8-9-18(16)15-7-6-13-4-3-5-14(13)10-15/h6-11,20H,2-5,12H2,1H3. The van der Waals surface area contributed by atoms with Crippen LogP contribution in [0.4, 0.5) is 4.39 Å². The van der Waals surface area contributed by atoms with Crippen LogP contribution in [0.3, 0.4) is 0 Å². The third-order valence-corrected chi connectivity index (χ3v) is 4.04. The lowest BCUT2D eigenvalue weighted by atomic mass is 9.96. The van der Waals surface area contributed by atoms with Crippen molar-refractivity contribution in [3.63, 3.8) is 0 Å². The van der Waals surface area contributed by atoms with Crippen LogP contribution in [-0.4, -0.2) is 6.54 Å². The van der Waals surface area contributed by atoms with Gasteiger partial charge in [0, 0.05) is 6.54 Å². The first-order valence-electron chi connectivity index (χ1n) is 7.39. The lowest BCUT2D eigenvalue weighted by molar-refractivity contribution is 0.622. The minimum Gasteiger partial charge on any atom is -0.313 e. The second-order valence-electron chi connectivity index (χ2n) is 5.42. The molecule has 104 valence electrons. The summed E-state index contributed by atoms with van der Waals surface area (Å²) in [6.07, 6.45) is 3.63. The third kappa shape index (κ3) is 2.61. The van der Waals surface area contributed by atoms with Crippen molar-refractivity contribution in [3.8, 4) is 11.1 Å². The van der Waals surface area contributed by atoms with Crippen LogP contribution < -0.4 is 5.32 Å². The smallest absolute Gasteiger partial charge is 0.123 e. The number of rotatable bonds is 4. The van der Waals surface area contributed by atoms with Crippen molar-refractivity contribution in [1.82, 2.24) is 5.32 Å². The summed E-state index contributed by atoms with van der Waals surface area (Å²) < 4.78 is 13.5. The molecule has 1 N–H and O–H groups in total. The van der Waals surface area contributed by atoms with E-state index in [-0.39, 0.29) is 5.82 Å². The van der Waals surface area contributed by atoms with Gasteiger partial charge in [0.25, 0.3) is 0 Å². The number of hydrogen-bond donors (Lipinski definition) is 1. The van der Waals surface area contributed by atoms with Gasteiger partial charge in [0.2, 0.25) is 0 Å². The molecule has 2 aromatic rings. The molecule has 0 heterocycles. The van der Waals surface area contributed by atoms with Crippen LogP contribution in [0.1, 0.15) is 30.0 Å². The van der Waals surface area contributed by atoms with Gasteiger partial charge in [0.05, 0.1) is 0 Å². The van der Waals surface area contributed by atoms with Crippen molar-refractivity contribution in [1.29, 1.82) is 0 Å². The van der Waals surface area contributed by atoms with Crippen molar-refractivity contribution in [2.45, 2.75) is 32.7 Å². The van der Waals surface area contributed by atoms with Gasteiger partial charge in [-0.3, -0.25) is 0 Å². The summed E-state index contributed by atoms with van der Waals surface area (Å²) in [5, 5.41) is 3.29. The van der Waals surface area contributed by atoms with E-state index in [4.69, 9.17) is 0 Å². The van der Waals surface area contributed by atoms with Gasteiger partial charge in [0.1, 0.15) is 5.82 Å². The van der Waals surface area contributed by atoms with Crippen molar-refractivity contribution in [2.75, 3.05) is 6.54 Å². The summed E-state index contributed by atoms with van der Waals surface area (Å²) in [6.45, 7) is 3.66. The van der Waals surface area contributed by atoms with E-state index in [1.807, 2.05) is 6.07 Å². The van der Waals surface area contributed by atoms with Gasteiger partial charge in [-0.1, -0.05) is 31.2 Å². The summed E-state index contributed by atoms with van der Waals surface area (Å²) in [4.78, 5) is 0. The summed E-state index contributed by atoms with van der Waals surface area (Å²) in [6, 6.07) is 11.8. The summed E-state index contributed by atoms with van der Waals surface area (Å²) in [5.74, 6) is -0.164. The number of halogens is 1. The fourth-order valence-electron chi connectivity index (χ4n) is 2.99. The summed E-state index contributed by atoms with van der Waals surface area (Å²) in [7, 11) is 0. The Hall–Kier alpha value is -1.67. The molecule has 3 rings (SSSR count). The lowest BCUT2D eigenvalue weighted by Gasteiger charge is -2.12. The molecule has 0 unspecified atom stereocenters. The number of hydrogen-bond acceptors (Lipinski definition) is 1. The largest absolute Gasteiger partial charge is 0.313 e. The fraction of sp³-hybridized carbons (Fsp3) is 0.333. The van der Waals surface area contributed by atoms with E-state index in [0.717, 1.165) is 17.7 Å². The highest BCUT2D eigenvalue weighted by Crippen LogP contribution is 2.30. The predicted octanol–water partition coefficient (Wildman–Crippen LogP) is 4.09. The van der Waals surface area contributed by atoms with E-state index in [9.17, 15) is 4.39 Å². The maximum absolute atomic E-state index is 13.5. The highest BCUT2D eigenvalue weighted by Gasteiger charge is 2.13. The van der Waals surface area contributed by atoms with E-state index in [2.05, 4.69) is 30.4 Å². The molecule has 0 amide bonds. The zero-order valence-electron chi connectivity index (χ0n) is 11.9. The van der Waals surface area contributed by atoms with Crippen molar-refractivity contribution in [3.05, 3.63) is 58.9 Å². The van der Waals surface area contributed by atoms with Crippen LogP contribution in [0.25, 0.3) is 11.1 Å². The Balaban J connectivity index is 2.00. The van der Waals surface area contributed by atoms with Crippen LogP contribution >= 0.6 is 0 Å². The first-order valence-corrected chi connectivity index (χ1v) is 7.39. The number of nitrogens with one attached hydrogen (secondary N) is 1. The molecule has 0 saturated carbocycles. The first-order chi connectivity index (χ1) is 9.78. The Kier molecular flexibility index (Phi) is 3.83. The van der Waals surface area contributed by atoms with Gasteiger partial charge in [-0.05, 0) is 65.8 Å². The Morgan fingerprint density at radius 2 is 1.90 bits per heavy atom. The van der Waals surface area contributed by atoms with E-state index < -0.39 is 0 Å². The lowest BCUT2D eigenvalue weighted by Crippen LogP contribution is -2.12. The van der Waals surface area contributed by atoms with E-state index in [1.165, 1.54) is 36.0 Å². The summed E-state index contributed by atoms with van der Waals surface area (Å²) >= 11 is 0. The molecule has 2 aromatic carbocycles. The molecule has 0 spiro atoms. The summed E-state index contributed by atoms with van der Waals surface area (Å²) in [5.41, 5.74) is 6.32. The van der Waals surface area contributed by atoms with Crippen LogP contribution in [0, 0.1) is 5.82 Å². The molecular formula is C18H20FN. The average Bonchev–Trinajstić information content (AvgIpc) is 2.92. The van der Waals surface area contributed by atoms with Crippen molar-refractivity contribution >= 4 is 0 Å². The third-order valence-electron chi connectivity index (χ3n) is 4.04. The Morgan fingerprint density at radius 1 is 1.05 bits per heavy atom. The second-order valence-corrected chi connectivity index (χ2v) is 5.42. The van der Waals surface area contributed by atoms with E-state index in [1.54, 1.807) is 12.1 Å². The molecule has 0 aromatic heterocycles. The van der Waals surface area contributed by atoms with Crippen molar-refractivity contribution in [2.24, 2.45) is 0 Å². The monoisotopic (exact) mass is 269 g/mol. The molecule has 1 aliphatic carbocycles. The minimum absolute atomic E-state index is 0.164. The van der Waals surface area contributed by atoms with E-state index >= 15 is 0 Å². The highest BCUT2D eigenvalue weighted by molar-refractivity contribution is 5.69. The fourth-order valence-corrected chi connectivity index (χ4v) is 2.99. The highest BCUT2D eigenvalue weighted by atomic mass is 19.1. The number of fused-ring (bicyclic) bond motifs is 1. The second kappa shape index (κ2) is 5.76. The van der Waals surface area contributed by atoms with Crippen molar-refractivity contribution < 1.29 is 4.39 Å². The normalized spacial score (nSPS) is 13.5. The van der Waals surface area contributed by atoms with Gasteiger partial charge in [0.15, 0.2) is 0 Å². The van der Waals surface area contributed by atoms with Crippen LogP contribution in [0.15, 0.2) is 36.4 Å². The van der Waals surface area contributed by atoms with Crippen LogP contribution in [0.2, 0.25) is 0 Å². The molecule has 20 heavy (non-hydrogen) atoms. The van der Waals surface area contributed by atoms with Crippen LogP contribution in [0.5, 0.6) is 0 Å². The van der Waals surface area contributed by atoms with Gasteiger partial charge < -0.3 is 5.32 Å². The molecule has 0 aliphatic heterocycles. The zero-order chi connectivity index (χ0) is 13.9. The molecule has 0 radical (unpaired) electrons. The maximum Gasteiger partial charge on any atom is 0.123 e. The number of aryl methyl sites for hydroxylation is 2. The van der Waals surface area contributed by atoms with Gasteiger partial charge in [-0.2, -0.15) is 0 Å².